The number of aryl methyl sites for hydroxylation is 1. The molecule has 0 bridgehead atoms. The number of likely N-dealkylation sites (tertiary alicyclic amines) is 1. The SMILES string of the molecule is COC(=O)c1[nH]c(C)c(/C(O)=C2/C(=O)C(=O)N(Cc3cccnc3)C2c2cccc([N+](=O)[O-])c2)c1C. The molecule has 11 nitrogen and oxygen atoms in total. The van der Waals surface area contributed by atoms with Crippen LogP contribution in [0.4, 0.5) is 5.69 Å². The molecule has 0 saturated carbocycles. The van der Waals surface area contributed by atoms with Crippen LogP contribution in [0.5, 0.6) is 0 Å². The van der Waals surface area contributed by atoms with Crippen molar-refractivity contribution in [3.05, 3.63) is 98.1 Å². The van der Waals surface area contributed by atoms with Crippen molar-refractivity contribution in [1.82, 2.24) is 14.9 Å². The lowest BCUT2D eigenvalue weighted by Crippen LogP contribution is -2.29. The first-order valence-electron chi connectivity index (χ1n) is 10.8. The zero-order chi connectivity index (χ0) is 26.1. The van der Waals surface area contributed by atoms with Crippen LogP contribution in [0.25, 0.3) is 5.76 Å². The van der Waals surface area contributed by atoms with E-state index in [0.29, 0.717) is 16.8 Å². The molecule has 1 saturated heterocycles. The minimum Gasteiger partial charge on any atom is -0.507 e. The molecule has 1 aromatic carbocycles. The summed E-state index contributed by atoms with van der Waals surface area (Å²) in [5, 5.41) is 22.8. The van der Waals surface area contributed by atoms with E-state index in [0.717, 1.165) is 0 Å². The number of esters is 1. The highest BCUT2D eigenvalue weighted by atomic mass is 16.6. The Morgan fingerprint density at radius 3 is 2.64 bits per heavy atom. The van der Waals surface area contributed by atoms with E-state index in [4.69, 9.17) is 4.74 Å². The molecule has 184 valence electrons. The van der Waals surface area contributed by atoms with Crippen LogP contribution in [0.15, 0.2) is 54.4 Å². The standard InChI is InChI=1S/C25H22N4O7/c1-13-18(14(2)27-20(13)25(33)36-3)22(30)19-21(16-7-4-8-17(10-16)29(34)35)28(24(32)23(19)31)12-15-6-5-9-26-11-15/h4-11,21,27,30H,12H2,1-3H3/b22-19-. The molecule has 3 aromatic rings. The van der Waals surface area contributed by atoms with Crippen LogP contribution < -0.4 is 0 Å². The predicted molar refractivity (Wildman–Crippen MR) is 127 cm³/mol. The summed E-state index contributed by atoms with van der Waals surface area (Å²) >= 11 is 0. The van der Waals surface area contributed by atoms with E-state index in [1.807, 2.05) is 0 Å². The fourth-order valence-electron chi connectivity index (χ4n) is 4.43. The smallest absolute Gasteiger partial charge is 0.354 e. The van der Waals surface area contributed by atoms with Crippen LogP contribution in [-0.4, -0.2) is 49.7 Å². The number of nitro benzene ring substituents is 1. The van der Waals surface area contributed by atoms with Crippen LogP contribution >= 0.6 is 0 Å². The third-order valence-corrected chi connectivity index (χ3v) is 6.08. The molecule has 1 unspecified atom stereocenters. The highest BCUT2D eigenvalue weighted by molar-refractivity contribution is 6.46. The van der Waals surface area contributed by atoms with Gasteiger partial charge in [-0.3, -0.25) is 24.7 Å². The normalized spacial score (nSPS) is 16.9. The highest BCUT2D eigenvalue weighted by Crippen LogP contribution is 2.42. The number of pyridine rings is 1. The van der Waals surface area contributed by atoms with Crippen molar-refractivity contribution in [3.8, 4) is 0 Å². The van der Waals surface area contributed by atoms with Gasteiger partial charge in [-0.05, 0) is 36.6 Å². The molecule has 2 aromatic heterocycles. The first-order chi connectivity index (χ1) is 17.1. The summed E-state index contributed by atoms with van der Waals surface area (Å²) in [7, 11) is 1.21. The third kappa shape index (κ3) is 4.11. The number of aromatic nitrogens is 2. The molecule has 4 rings (SSSR count). The number of nitrogens with one attached hydrogen (secondary N) is 1. The Hall–Kier alpha value is -4.80. The minimum atomic E-state index is -1.12. The second-order valence-electron chi connectivity index (χ2n) is 8.26. The van der Waals surface area contributed by atoms with Crippen molar-refractivity contribution in [3.63, 3.8) is 0 Å². The molecule has 36 heavy (non-hydrogen) atoms. The lowest BCUT2D eigenvalue weighted by molar-refractivity contribution is -0.384. The average Bonchev–Trinajstić information content (AvgIpc) is 3.31. The number of nitrogens with zero attached hydrogens (tertiary/aromatic N) is 3. The summed E-state index contributed by atoms with van der Waals surface area (Å²) in [6.07, 6.45) is 3.10. The third-order valence-electron chi connectivity index (χ3n) is 6.08. The van der Waals surface area contributed by atoms with Gasteiger partial charge in [0.2, 0.25) is 0 Å². The van der Waals surface area contributed by atoms with Gasteiger partial charge < -0.3 is 19.7 Å². The Kier molecular flexibility index (Phi) is 6.39. The summed E-state index contributed by atoms with van der Waals surface area (Å²) in [4.78, 5) is 57.6. The van der Waals surface area contributed by atoms with Gasteiger partial charge in [0, 0.05) is 42.3 Å². The average molecular weight is 490 g/mol. The number of hydrogen-bond acceptors (Lipinski definition) is 8. The molecule has 0 aliphatic carbocycles. The van der Waals surface area contributed by atoms with Gasteiger partial charge in [-0.25, -0.2) is 4.79 Å². The molecule has 1 aliphatic heterocycles. The van der Waals surface area contributed by atoms with Gasteiger partial charge in [-0.1, -0.05) is 18.2 Å². The van der Waals surface area contributed by atoms with E-state index in [2.05, 4.69) is 9.97 Å². The number of carbonyl (C=O) groups excluding carboxylic acids is 3. The zero-order valence-electron chi connectivity index (χ0n) is 19.6. The molecule has 2 N–H and O–H groups in total. The van der Waals surface area contributed by atoms with Crippen molar-refractivity contribution >= 4 is 29.1 Å². The van der Waals surface area contributed by atoms with Gasteiger partial charge >= 0.3 is 5.97 Å². The summed E-state index contributed by atoms with van der Waals surface area (Å²) < 4.78 is 4.77. The quantitative estimate of drug-likeness (QED) is 0.133. The number of benzene rings is 1. The van der Waals surface area contributed by atoms with Crippen molar-refractivity contribution in [2.45, 2.75) is 26.4 Å². The Morgan fingerprint density at radius 2 is 2.00 bits per heavy atom. The number of rotatable bonds is 6. The topological polar surface area (TPSA) is 156 Å². The molecule has 1 fully saturated rings. The summed E-state index contributed by atoms with van der Waals surface area (Å²) in [5.74, 6) is -3.00. The second kappa shape index (κ2) is 9.45. The van der Waals surface area contributed by atoms with Crippen molar-refractivity contribution in [1.29, 1.82) is 0 Å². The number of amides is 1. The van der Waals surface area contributed by atoms with E-state index >= 15 is 0 Å². The molecular weight excluding hydrogens is 468 g/mol. The Bertz CT molecular complexity index is 1430. The number of hydrogen-bond donors (Lipinski definition) is 2. The largest absolute Gasteiger partial charge is 0.507 e. The highest BCUT2D eigenvalue weighted by Gasteiger charge is 2.47. The number of aromatic amines is 1. The molecule has 3 heterocycles. The molecule has 1 amide bonds. The summed E-state index contributed by atoms with van der Waals surface area (Å²) in [5.41, 5.74) is 1.38. The van der Waals surface area contributed by atoms with E-state index in [1.54, 1.807) is 38.2 Å². The van der Waals surface area contributed by atoms with Gasteiger partial charge in [0.1, 0.15) is 11.5 Å². The lowest BCUT2D eigenvalue weighted by atomic mass is 9.93. The summed E-state index contributed by atoms with van der Waals surface area (Å²) in [6.45, 7) is 3.14. The van der Waals surface area contributed by atoms with Crippen molar-refractivity contribution < 1.29 is 29.2 Å². The van der Waals surface area contributed by atoms with E-state index in [1.165, 1.54) is 36.4 Å². The van der Waals surface area contributed by atoms with Crippen molar-refractivity contribution in [2.24, 2.45) is 0 Å². The number of Topliss-reactive ketones (excluding diaryl/α,β-unsaturated/α-hetero) is 1. The van der Waals surface area contributed by atoms with E-state index < -0.39 is 34.4 Å². The zero-order valence-corrected chi connectivity index (χ0v) is 19.6. The van der Waals surface area contributed by atoms with Gasteiger partial charge in [-0.15, -0.1) is 0 Å². The minimum absolute atomic E-state index is 0.0267. The van der Waals surface area contributed by atoms with Crippen molar-refractivity contribution in [2.75, 3.05) is 7.11 Å². The number of ketones is 1. The lowest BCUT2D eigenvalue weighted by Gasteiger charge is -2.25. The van der Waals surface area contributed by atoms with Gasteiger partial charge in [0.25, 0.3) is 17.4 Å². The number of non-ortho nitro benzene ring substituents is 1. The van der Waals surface area contributed by atoms with Crippen LogP contribution in [0.1, 0.15) is 44.5 Å². The van der Waals surface area contributed by atoms with Gasteiger partial charge in [0.05, 0.1) is 23.6 Å². The Morgan fingerprint density at radius 1 is 1.25 bits per heavy atom. The summed E-state index contributed by atoms with van der Waals surface area (Å²) in [6, 6.07) is 7.82. The fraction of sp³-hybridized carbons (Fsp3) is 0.200. The number of aliphatic hydroxyl groups excluding tert-OH is 1. The number of H-pyrrole nitrogens is 1. The number of aliphatic hydroxyl groups is 1. The monoisotopic (exact) mass is 490 g/mol. The molecule has 0 spiro atoms. The Labute approximate surface area is 205 Å². The number of carbonyl (C=O) groups is 3. The maximum atomic E-state index is 13.3. The van der Waals surface area contributed by atoms with Crippen LogP contribution in [0, 0.1) is 24.0 Å². The molecule has 0 radical (unpaired) electrons. The number of ether oxygens (including phenoxy) is 1. The molecule has 1 atom stereocenters. The van der Waals surface area contributed by atoms with Gasteiger partial charge in [-0.2, -0.15) is 0 Å². The van der Waals surface area contributed by atoms with E-state index in [9.17, 15) is 29.6 Å². The van der Waals surface area contributed by atoms with Crippen LogP contribution in [0.2, 0.25) is 0 Å². The molecule has 1 aliphatic rings. The maximum absolute atomic E-state index is 13.3. The van der Waals surface area contributed by atoms with Crippen LogP contribution in [0.3, 0.4) is 0 Å². The first kappa shape index (κ1) is 24.3. The molecule has 11 heteroatoms. The number of methoxy groups -OCH3 is 1. The Balaban J connectivity index is 1.94. The van der Waals surface area contributed by atoms with Gasteiger partial charge in [0.15, 0.2) is 0 Å². The van der Waals surface area contributed by atoms with Crippen LogP contribution in [-0.2, 0) is 20.9 Å². The first-order valence-corrected chi connectivity index (χ1v) is 10.8. The second-order valence-corrected chi connectivity index (χ2v) is 8.26. The molecular formula is C25H22N4O7. The maximum Gasteiger partial charge on any atom is 0.354 e. The number of nitro groups is 1. The fourth-order valence-corrected chi connectivity index (χ4v) is 4.43. The predicted octanol–water partition coefficient (Wildman–Crippen LogP) is 3.34. The van der Waals surface area contributed by atoms with E-state index in [-0.39, 0.29) is 34.6 Å².